The second-order valence-corrected chi connectivity index (χ2v) is 8.97. The van der Waals surface area contributed by atoms with Crippen LogP contribution >= 0.6 is 0 Å². The highest BCUT2D eigenvalue weighted by atomic mass is 19.4. The second-order valence-electron chi connectivity index (χ2n) is 8.97. The number of nitrogens with one attached hydrogen (secondary N) is 2. The molecule has 34 heavy (non-hydrogen) atoms. The van der Waals surface area contributed by atoms with E-state index in [4.69, 9.17) is 4.74 Å². The molecule has 4 rings (SSSR count). The number of rotatable bonds is 6. The standard InChI is InChI=1S/C22H27F3N6O3/c1-5-21(3,33)17-19(32)29-16-11(2)27-20(30-18(16)31(17)4)28-12-8-14(9-12)34-13-6-7-15(26-10-13)22(23,24)25/h6-7,10,12,14,17,33H,5,8-9H2,1-4H3,(H,29,32)(H,27,28,30)/t12-,14-,17?,21?. The Morgan fingerprint density at radius 2 is 2.00 bits per heavy atom. The Kier molecular flexibility index (Phi) is 6.05. The zero-order valence-electron chi connectivity index (χ0n) is 19.3. The van der Waals surface area contributed by atoms with Crippen molar-refractivity contribution >= 4 is 23.4 Å². The Morgan fingerprint density at radius 1 is 1.29 bits per heavy atom. The maximum absolute atomic E-state index is 12.6. The van der Waals surface area contributed by atoms with E-state index in [2.05, 4.69) is 25.6 Å². The molecule has 3 N–H and O–H groups in total. The predicted octanol–water partition coefficient (Wildman–Crippen LogP) is 3.14. The van der Waals surface area contributed by atoms with Crippen LogP contribution in [0.2, 0.25) is 0 Å². The van der Waals surface area contributed by atoms with Crippen LogP contribution in [0.5, 0.6) is 5.75 Å². The number of aromatic nitrogens is 3. The Balaban J connectivity index is 1.40. The van der Waals surface area contributed by atoms with E-state index in [1.807, 2.05) is 6.92 Å². The molecule has 2 atom stereocenters. The van der Waals surface area contributed by atoms with E-state index < -0.39 is 23.5 Å². The van der Waals surface area contributed by atoms with Gasteiger partial charge in [0.05, 0.1) is 17.5 Å². The molecule has 0 saturated heterocycles. The number of ether oxygens (including phenoxy) is 1. The molecule has 12 heteroatoms. The molecule has 9 nitrogen and oxygen atoms in total. The van der Waals surface area contributed by atoms with Crippen LogP contribution < -0.4 is 20.3 Å². The summed E-state index contributed by atoms with van der Waals surface area (Å²) in [5, 5.41) is 16.8. The number of nitrogens with zero attached hydrogens (tertiary/aromatic N) is 4. The molecule has 2 aromatic rings. The predicted molar refractivity (Wildman–Crippen MR) is 119 cm³/mol. The summed E-state index contributed by atoms with van der Waals surface area (Å²) in [5.41, 5.74) is -1.11. The van der Waals surface area contributed by atoms with E-state index in [1.54, 1.807) is 25.8 Å². The normalized spacial score (nSPS) is 23.9. The van der Waals surface area contributed by atoms with Crippen molar-refractivity contribution < 1.29 is 27.8 Å². The van der Waals surface area contributed by atoms with Crippen LogP contribution in [0.15, 0.2) is 18.3 Å². The number of amides is 1. The molecule has 0 radical (unpaired) electrons. The van der Waals surface area contributed by atoms with Gasteiger partial charge in [-0.3, -0.25) is 4.79 Å². The summed E-state index contributed by atoms with van der Waals surface area (Å²) < 4.78 is 43.6. The van der Waals surface area contributed by atoms with E-state index in [9.17, 15) is 23.1 Å². The molecule has 1 aliphatic carbocycles. The van der Waals surface area contributed by atoms with E-state index in [-0.39, 0.29) is 23.8 Å². The molecule has 184 valence electrons. The van der Waals surface area contributed by atoms with Crippen molar-refractivity contribution in [1.82, 2.24) is 15.0 Å². The smallest absolute Gasteiger partial charge is 0.433 e. The number of hydrogen-bond acceptors (Lipinski definition) is 8. The molecule has 0 aromatic carbocycles. The number of fused-ring (bicyclic) bond motifs is 1. The lowest BCUT2D eigenvalue weighted by Gasteiger charge is -2.42. The topological polar surface area (TPSA) is 112 Å². The Bertz CT molecular complexity index is 1070. The third-order valence-corrected chi connectivity index (χ3v) is 6.35. The van der Waals surface area contributed by atoms with Crippen LogP contribution in [-0.4, -0.2) is 56.8 Å². The van der Waals surface area contributed by atoms with Crippen LogP contribution in [0.4, 0.5) is 30.6 Å². The molecular formula is C22H27F3N6O3. The molecule has 1 saturated carbocycles. The zero-order valence-corrected chi connectivity index (χ0v) is 19.3. The molecule has 1 aliphatic heterocycles. The van der Waals surface area contributed by atoms with Gasteiger partial charge in [-0.1, -0.05) is 6.92 Å². The molecule has 2 aromatic heterocycles. The van der Waals surface area contributed by atoms with Gasteiger partial charge in [-0.15, -0.1) is 0 Å². The number of carbonyl (C=O) groups excluding carboxylic acids is 1. The lowest BCUT2D eigenvalue weighted by Crippen LogP contribution is -2.59. The number of aliphatic hydroxyl groups is 1. The lowest BCUT2D eigenvalue weighted by molar-refractivity contribution is -0.141. The summed E-state index contributed by atoms with van der Waals surface area (Å²) in [6.45, 7) is 5.19. The van der Waals surface area contributed by atoms with Crippen molar-refractivity contribution in [2.45, 2.75) is 70.0 Å². The molecule has 1 fully saturated rings. The first-order valence-electron chi connectivity index (χ1n) is 11.0. The molecule has 1 amide bonds. The van der Waals surface area contributed by atoms with E-state index in [0.717, 1.165) is 12.3 Å². The molecule has 0 bridgehead atoms. The summed E-state index contributed by atoms with van der Waals surface area (Å²) in [6, 6.07) is 1.37. The zero-order chi connectivity index (χ0) is 24.8. The summed E-state index contributed by atoms with van der Waals surface area (Å²) in [7, 11) is 1.72. The second kappa shape index (κ2) is 8.57. The number of anilines is 3. The summed E-state index contributed by atoms with van der Waals surface area (Å²) in [6.07, 6.45) is -1.97. The highest BCUT2D eigenvalue weighted by molar-refractivity contribution is 6.04. The average molecular weight is 480 g/mol. The molecule has 2 unspecified atom stereocenters. The summed E-state index contributed by atoms with van der Waals surface area (Å²) in [4.78, 5) is 26.7. The van der Waals surface area contributed by atoms with Gasteiger partial charge in [0.2, 0.25) is 11.9 Å². The van der Waals surface area contributed by atoms with Crippen LogP contribution in [0.25, 0.3) is 0 Å². The number of likely N-dealkylation sites (N-methyl/N-ethyl adjacent to an activating group) is 1. The fraction of sp³-hybridized carbons (Fsp3) is 0.545. The number of aryl methyl sites for hydroxylation is 1. The molecular weight excluding hydrogens is 453 g/mol. The average Bonchev–Trinajstić information content (AvgIpc) is 2.73. The number of carbonyl (C=O) groups is 1. The number of alkyl halides is 3. The first-order chi connectivity index (χ1) is 15.9. The largest absolute Gasteiger partial charge is 0.489 e. The summed E-state index contributed by atoms with van der Waals surface area (Å²) in [5.74, 6) is 0.861. The highest BCUT2D eigenvalue weighted by Crippen LogP contribution is 2.37. The van der Waals surface area contributed by atoms with E-state index in [0.29, 0.717) is 42.4 Å². The van der Waals surface area contributed by atoms with Gasteiger partial charge in [0.15, 0.2) is 5.82 Å². The fourth-order valence-corrected chi connectivity index (χ4v) is 4.18. The Hall–Kier alpha value is -3.15. The van der Waals surface area contributed by atoms with Crippen molar-refractivity contribution in [1.29, 1.82) is 0 Å². The van der Waals surface area contributed by atoms with Gasteiger partial charge in [-0.05, 0) is 32.4 Å². The minimum Gasteiger partial charge on any atom is -0.489 e. The van der Waals surface area contributed by atoms with E-state index >= 15 is 0 Å². The van der Waals surface area contributed by atoms with Gasteiger partial charge in [0, 0.05) is 25.9 Å². The lowest BCUT2D eigenvalue weighted by atomic mass is 9.89. The van der Waals surface area contributed by atoms with Gasteiger partial charge >= 0.3 is 6.18 Å². The van der Waals surface area contributed by atoms with Crippen molar-refractivity contribution in [2.75, 3.05) is 22.6 Å². The fourth-order valence-electron chi connectivity index (χ4n) is 4.18. The van der Waals surface area contributed by atoms with Gasteiger partial charge in [-0.2, -0.15) is 18.2 Å². The number of pyridine rings is 1. The molecule has 2 aliphatic rings. The van der Waals surface area contributed by atoms with Crippen molar-refractivity contribution in [2.24, 2.45) is 0 Å². The highest BCUT2D eigenvalue weighted by Gasteiger charge is 2.44. The Labute approximate surface area is 194 Å². The minimum absolute atomic E-state index is 0.0166. The van der Waals surface area contributed by atoms with Crippen molar-refractivity contribution in [3.8, 4) is 5.75 Å². The maximum atomic E-state index is 12.6. The third kappa shape index (κ3) is 4.59. The minimum atomic E-state index is -4.49. The molecule has 3 heterocycles. The first-order valence-corrected chi connectivity index (χ1v) is 11.0. The maximum Gasteiger partial charge on any atom is 0.433 e. The quantitative estimate of drug-likeness (QED) is 0.578. The number of hydrogen-bond donors (Lipinski definition) is 3. The van der Waals surface area contributed by atoms with Crippen LogP contribution in [0.3, 0.4) is 0 Å². The third-order valence-electron chi connectivity index (χ3n) is 6.35. The monoisotopic (exact) mass is 480 g/mol. The van der Waals surface area contributed by atoms with Gasteiger partial charge in [-0.25, -0.2) is 9.97 Å². The SMILES string of the molecule is CCC(C)(O)C1C(=O)Nc2c(C)nc(N[C@H]3C[C@H](Oc4ccc(C(F)(F)F)nc4)C3)nc2N1C. The van der Waals surface area contributed by atoms with Gasteiger partial charge in [0.1, 0.15) is 29.3 Å². The summed E-state index contributed by atoms with van der Waals surface area (Å²) >= 11 is 0. The van der Waals surface area contributed by atoms with Crippen molar-refractivity contribution in [3.63, 3.8) is 0 Å². The van der Waals surface area contributed by atoms with Crippen LogP contribution in [0.1, 0.15) is 44.5 Å². The van der Waals surface area contributed by atoms with Gasteiger partial charge in [0.25, 0.3) is 0 Å². The van der Waals surface area contributed by atoms with E-state index in [1.165, 1.54) is 6.07 Å². The van der Waals surface area contributed by atoms with Crippen LogP contribution in [0, 0.1) is 6.92 Å². The number of halogens is 3. The molecule has 0 spiro atoms. The van der Waals surface area contributed by atoms with Crippen LogP contribution in [-0.2, 0) is 11.0 Å². The first kappa shape index (κ1) is 24.0. The van der Waals surface area contributed by atoms with Gasteiger partial charge < -0.3 is 25.4 Å². The van der Waals surface area contributed by atoms with Crippen molar-refractivity contribution in [3.05, 3.63) is 29.7 Å². The Morgan fingerprint density at radius 3 is 2.59 bits per heavy atom.